The number of aromatic nitrogens is 1. The van der Waals surface area contributed by atoms with Crippen LogP contribution < -0.4 is 16.0 Å². The maximum atomic E-state index is 13.0. The van der Waals surface area contributed by atoms with Crippen molar-refractivity contribution < 1.29 is 25.3 Å². The van der Waals surface area contributed by atoms with E-state index in [-0.39, 0.29) is 22.1 Å². The number of H-pyrrole nitrogens is 1. The lowest BCUT2D eigenvalue weighted by Crippen LogP contribution is -2.45. The second kappa shape index (κ2) is 7.38. The van der Waals surface area contributed by atoms with Crippen LogP contribution in [0.3, 0.4) is 0 Å². The van der Waals surface area contributed by atoms with Crippen LogP contribution >= 0.6 is 0 Å². The lowest BCUT2D eigenvalue weighted by atomic mass is 10.2. The van der Waals surface area contributed by atoms with Gasteiger partial charge in [0, 0.05) is 37.0 Å². The van der Waals surface area contributed by atoms with Gasteiger partial charge < -0.3 is 20.3 Å². The van der Waals surface area contributed by atoms with Gasteiger partial charge in [-0.2, -0.15) is 0 Å². The third-order valence-electron chi connectivity index (χ3n) is 3.30. The Labute approximate surface area is 131 Å². The zero-order valence-electron chi connectivity index (χ0n) is 13.0. The van der Waals surface area contributed by atoms with Crippen molar-refractivity contribution in [1.29, 1.82) is 0 Å². The van der Waals surface area contributed by atoms with Gasteiger partial charge in [-0.05, 0) is 18.2 Å². The molecule has 3 N–H and O–H groups in total. The average Bonchev–Trinajstić information content (AvgIpc) is 2.93. The third-order valence-corrected chi connectivity index (χ3v) is 3.30. The van der Waals surface area contributed by atoms with Gasteiger partial charge >= 0.3 is 6.09 Å². The van der Waals surface area contributed by atoms with E-state index in [0.717, 1.165) is 19.2 Å². The minimum absolute atomic E-state index is 0.0118. The van der Waals surface area contributed by atoms with E-state index >= 15 is 0 Å². The van der Waals surface area contributed by atoms with Crippen LogP contribution in [-0.2, 0) is 9.59 Å². The average molecular weight is 320 g/mol. The summed E-state index contributed by atoms with van der Waals surface area (Å²) in [5.41, 5.74) is 0. The van der Waals surface area contributed by atoms with E-state index in [2.05, 4.69) is 10.3 Å². The summed E-state index contributed by atoms with van der Waals surface area (Å²) in [7, 11) is 0. The molecule has 1 saturated heterocycles. The van der Waals surface area contributed by atoms with E-state index < -0.39 is 11.9 Å². The highest BCUT2D eigenvalue weighted by molar-refractivity contribution is 5.87. The van der Waals surface area contributed by atoms with Gasteiger partial charge in [0.1, 0.15) is 16.5 Å². The van der Waals surface area contributed by atoms with Gasteiger partial charge in [-0.25, -0.2) is 18.8 Å². The molecule has 0 bridgehead atoms. The summed E-state index contributed by atoms with van der Waals surface area (Å²) < 4.78 is 20.3. The number of carbonyl (C=O) groups excluding carboxylic acids is 2. The zero-order valence-corrected chi connectivity index (χ0v) is 12.0. The molecule has 1 aliphatic rings. The standard InChI is InChI=1S/C10H4FNO2.C5H10N2O2/c11-6-1-2-7-8(3-6)10(5-14)12-9(7)4-13;8-5(9)7-3-1-6-2-4-7/h1-3,12H;6H,1-4H2,(H,8,9)/i1D;. The first kappa shape index (κ1) is 15.0. The van der Waals surface area contributed by atoms with Gasteiger partial charge in [0.15, 0.2) is 11.9 Å². The summed E-state index contributed by atoms with van der Waals surface area (Å²) in [5, 5.41) is 12.0. The van der Waals surface area contributed by atoms with Crippen LogP contribution in [0.15, 0.2) is 18.2 Å². The van der Waals surface area contributed by atoms with Crippen molar-refractivity contribution in [1.82, 2.24) is 15.2 Å². The number of hydrogen-bond acceptors (Lipinski definition) is 4. The van der Waals surface area contributed by atoms with Crippen molar-refractivity contribution in [2.24, 2.45) is 0 Å². The fraction of sp³-hybridized carbons (Fsp3) is 0.267. The number of rotatable bonds is 0. The number of carboxylic acid groups (broad SMARTS) is 1. The first-order chi connectivity index (χ1) is 11.5. The molecule has 0 radical (unpaired) electrons. The Morgan fingerprint density at radius 1 is 1.26 bits per heavy atom. The van der Waals surface area contributed by atoms with Crippen LogP contribution in [0.2, 0.25) is 0 Å². The Hall–Kier alpha value is -2.92. The number of nitrogens with zero attached hydrogens (tertiary/aromatic N) is 1. The van der Waals surface area contributed by atoms with Crippen molar-refractivity contribution in [2.45, 2.75) is 0 Å². The molecule has 7 nitrogen and oxygen atoms in total. The van der Waals surface area contributed by atoms with Crippen molar-refractivity contribution in [2.75, 3.05) is 26.2 Å². The minimum atomic E-state index is -0.809. The number of piperazine rings is 1. The predicted octanol–water partition coefficient (Wildman–Crippen LogP) is -1.12. The molecular weight excluding hydrogens is 305 g/mol. The molecule has 1 aromatic heterocycles. The number of hydrogen-bond donors (Lipinski definition) is 3. The van der Waals surface area contributed by atoms with Crippen molar-refractivity contribution in [3.63, 3.8) is 0 Å². The molecule has 0 spiro atoms. The fourth-order valence-corrected chi connectivity index (χ4v) is 2.16. The van der Waals surface area contributed by atoms with Crippen molar-refractivity contribution in [3.8, 4) is 0 Å². The smallest absolute Gasteiger partial charge is 0.407 e. The van der Waals surface area contributed by atoms with Gasteiger partial charge in [-0.1, -0.05) is 0 Å². The molecule has 1 fully saturated rings. The van der Waals surface area contributed by atoms with Crippen LogP contribution in [0.4, 0.5) is 9.18 Å². The monoisotopic (exact) mass is 320 g/mol. The number of amides is 1. The quantitative estimate of drug-likeness (QED) is 0.571. The van der Waals surface area contributed by atoms with Gasteiger partial charge in [0.2, 0.25) is 0 Å². The van der Waals surface area contributed by atoms with Gasteiger partial charge in [0.05, 0.1) is 1.37 Å². The predicted molar refractivity (Wildman–Crippen MR) is 79.6 cm³/mol. The lowest BCUT2D eigenvalue weighted by molar-refractivity contribution is 0.139. The molecule has 1 aromatic carbocycles. The van der Waals surface area contributed by atoms with Crippen LogP contribution in [0.25, 0.3) is 10.8 Å². The van der Waals surface area contributed by atoms with Crippen LogP contribution in [0.5, 0.6) is 0 Å². The SMILES string of the molecule is O=C(O)N1CCNCC1.[2H]c1cc2c(=C=O)[nH]c(=C=O)c2cc1F. The van der Waals surface area contributed by atoms with Crippen molar-refractivity contribution >= 4 is 28.7 Å². The number of benzene rings is 1. The summed E-state index contributed by atoms with van der Waals surface area (Å²) in [6.45, 7) is 2.81. The number of nitrogens with one attached hydrogen (secondary N) is 2. The number of aromatic amines is 1. The highest BCUT2D eigenvalue weighted by Crippen LogP contribution is 2.06. The summed E-state index contributed by atoms with van der Waals surface area (Å²) in [4.78, 5) is 35.1. The summed E-state index contributed by atoms with van der Waals surface area (Å²) in [6, 6.07) is 1.85. The molecule has 8 heteroatoms. The molecule has 0 aliphatic carbocycles. The van der Waals surface area contributed by atoms with E-state index in [1.54, 1.807) is 11.9 Å². The molecule has 0 saturated carbocycles. The van der Waals surface area contributed by atoms with E-state index in [0.29, 0.717) is 18.5 Å². The molecule has 2 heterocycles. The molecule has 23 heavy (non-hydrogen) atoms. The zero-order chi connectivity index (χ0) is 17.7. The largest absolute Gasteiger partial charge is 0.465 e. The summed E-state index contributed by atoms with van der Waals surface area (Å²) in [6.07, 6.45) is -0.809. The Morgan fingerprint density at radius 3 is 2.39 bits per heavy atom. The highest BCUT2D eigenvalue weighted by Gasteiger charge is 2.13. The van der Waals surface area contributed by atoms with Gasteiger partial charge in [-0.3, -0.25) is 0 Å². The Balaban J connectivity index is 0.000000198. The van der Waals surface area contributed by atoms with Gasteiger partial charge in [0.25, 0.3) is 0 Å². The van der Waals surface area contributed by atoms with Crippen LogP contribution in [0.1, 0.15) is 1.37 Å². The van der Waals surface area contributed by atoms with Crippen molar-refractivity contribution in [3.05, 3.63) is 34.7 Å². The number of halogens is 1. The number of carbonyl (C=O) groups is 1. The van der Waals surface area contributed by atoms with Crippen LogP contribution in [0, 0.1) is 5.82 Å². The van der Waals surface area contributed by atoms with E-state index in [1.165, 1.54) is 11.0 Å². The molecule has 0 atom stereocenters. The Bertz CT molecular complexity index is 866. The normalized spacial score (nSPS) is 14.3. The minimum Gasteiger partial charge on any atom is -0.465 e. The van der Waals surface area contributed by atoms with E-state index in [1.807, 2.05) is 0 Å². The van der Waals surface area contributed by atoms with E-state index in [9.17, 15) is 18.8 Å². The maximum Gasteiger partial charge on any atom is 0.407 e. The fourth-order valence-electron chi connectivity index (χ4n) is 2.16. The Morgan fingerprint density at radius 2 is 1.87 bits per heavy atom. The third kappa shape index (κ3) is 3.84. The number of fused-ring (bicyclic) bond motifs is 1. The second-order valence-corrected chi connectivity index (χ2v) is 4.71. The molecular formula is C15H14FN3O4. The molecule has 120 valence electrons. The van der Waals surface area contributed by atoms with E-state index in [4.69, 9.17) is 6.48 Å². The maximum absolute atomic E-state index is 13.0. The van der Waals surface area contributed by atoms with Gasteiger partial charge in [-0.15, -0.1) is 0 Å². The second-order valence-electron chi connectivity index (χ2n) is 4.71. The summed E-state index contributed by atoms with van der Waals surface area (Å²) >= 11 is 0. The lowest BCUT2D eigenvalue weighted by Gasteiger charge is -2.23. The topological polar surface area (TPSA) is 102 Å². The molecule has 1 amide bonds. The van der Waals surface area contributed by atoms with Crippen LogP contribution in [-0.4, -0.2) is 59.1 Å². The molecule has 0 unspecified atom stereocenters. The first-order valence-electron chi connectivity index (χ1n) is 7.24. The molecule has 1 aliphatic heterocycles. The highest BCUT2D eigenvalue weighted by atomic mass is 19.1. The first-order valence-corrected chi connectivity index (χ1v) is 6.74. The Kier molecular flexibility index (Phi) is 4.81. The molecule has 2 aromatic rings. The summed E-state index contributed by atoms with van der Waals surface area (Å²) in [5.74, 6) is 2.39. The molecule has 3 rings (SSSR count).